The van der Waals surface area contributed by atoms with E-state index in [1.807, 2.05) is 4.90 Å². The predicted octanol–water partition coefficient (Wildman–Crippen LogP) is 3.38. The lowest BCUT2D eigenvalue weighted by atomic mass is 10.0. The SMILES string of the molecule is CC(=O)N1CCN(c2c(F)cc3c(=O)c(C(=O)NCCN4CCCC4)cn4c3c2Oc2ccc(Cl)cc2-4)CC1. The number of likely N-dealkylation sites (tertiary alicyclic amines) is 1. The standard InChI is InChI=1S/C28H29ClFN5O4/c1-17(36)33-10-12-34(13-11-33)25-21(30)15-19-24-27(25)39-23-5-4-18(29)14-22(23)35(24)16-20(26(19)37)28(38)31-6-9-32-7-2-3-8-32/h4-5,14-16H,2-3,6-13H2,1H3,(H,31,38). The second kappa shape index (κ2) is 10.2. The van der Waals surface area contributed by atoms with Crippen LogP contribution in [0.5, 0.6) is 11.5 Å². The molecule has 0 saturated carbocycles. The number of amides is 2. The van der Waals surface area contributed by atoms with Gasteiger partial charge in [-0.15, -0.1) is 0 Å². The van der Waals surface area contributed by atoms with Crippen molar-refractivity contribution >= 4 is 40.0 Å². The van der Waals surface area contributed by atoms with Crippen molar-refractivity contribution in [3.63, 3.8) is 0 Å². The van der Waals surface area contributed by atoms with Crippen molar-refractivity contribution in [3.8, 4) is 17.2 Å². The number of carbonyl (C=O) groups is 2. The van der Waals surface area contributed by atoms with E-state index in [9.17, 15) is 14.4 Å². The Hall–Kier alpha value is -3.63. The Morgan fingerprint density at radius 2 is 1.82 bits per heavy atom. The Labute approximate surface area is 229 Å². The quantitative estimate of drug-likeness (QED) is 0.408. The molecule has 0 aliphatic carbocycles. The zero-order valence-electron chi connectivity index (χ0n) is 21.6. The second-order valence-electron chi connectivity index (χ2n) is 10.2. The molecule has 4 heterocycles. The summed E-state index contributed by atoms with van der Waals surface area (Å²) in [5.74, 6) is -0.537. The van der Waals surface area contributed by atoms with Crippen LogP contribution in [0.15, 0.2) is 35.3 Å². The minimum atomic E-state index is -0.624. The van der Waals surface area contributed by atoms with Gasteiger partial charge in [0.05, 0.1) is 11.1 Å². The van der Waals surface area contributed by atoms with E-state index in [4.69, 9.17) is 16.3 Å². The first-order valence-corrected chi connectivity index (χ1v) is 13.6. The molecule has 2 amide bonds. The maximum Gasteiger partial charge on any atom is 0.256 e. The number of hydrogen-bond donors (Lipinski definition) is 1. The van der Waals surface area contributed by atoms with Crippen LogP contribution < -0.4 is 20.4 Å². The number of nitrogens with one attached hydrogen (secondary N) is 1. The van der Waals surface area contributed by atoms with Gasteiger partial charge in [0.1, 0.15) is 16.8 Å². The summed E-state index contributed by atoms with van der Waals surface area (Å²) >= 11 is 6.31. The fourth-order valence-electron chi connectivity index (χ4n) is 5.71. The van der Waals surface area contributed by atoms with E-state index in [1.165, 1.54) is 19.2 Å². The van der Waals surface area contributed by atoms with E-state index in [0.717, 1.165) is 25.9 Å². The Kier molecular flexibility index (Phi) is 6.68. The van der Waals surface area contributed by atoms with Crippen molar-refractivity contribution in [3.05, 3.63) is 57.1 Å². The summed E-state index contributed by atoms with van der Waals surface area (Å²) in [6.45, 7) is 6.35. The van der Waals surface area contributed by atoms with Gasteiger partial charge in [-0.1, -0.05) is 11.6 Å². The maximum atomic E-state index is 15.8. The van der Waals surface area contributed by atoms with E-state index >= 15 is 4.39 Å². The zero-order chi connectivity index (χ0) is 27.3. The van der Waals surface area contributed by atoms with E-state index in [1.54, 1.807) is 27.7 Å². The van der Waals surface area contributed by atoms with Gasteiger partial charge in [-0.3, -0.25) is 14.4 Å². The molecule has 0 atom stereocenters. The molecule has 0 bridgehead atoms. The van der Waals surface area contributed by atoms with Crippen molar-refractivity contribution in [1.29, 1.82) is 0 Å². The number of benzene rings is 2. The minimum Gasteiger partial charge on any atom is -0.451 e. The molecule has 204 valence electrons. The molecular weight excluding hydrogens is 525 g/mol. The molecule has 2 aromatic carbocycles. The molecule has 9 nitrogen and oxygen atoms in total. The van der Waals surface area contributed by atoms with Gasteiger partial charge < -0.3 is 29.3 Å². The normalized spacial score (nSPS) is 16.8. The summed E-state index contributed by atoms with van der Waals surface area (Å²) in [4.78, 5) is 44.4. The van der Waals surface area contributed by atoms with Crippen LogP contribution >= 0.6 is 11.6 Å². The summed E-state index contributed by atoms with van der Waals surface area (Å²) in [6.07, 6.45) is 3.79. The zero-order valence-corrected chi connectivity index (χ0v) is 22.4. The molecule has 2 saturated heterocycles. The maximum absolute atomic E-state index is 15.8. The molecule has 0 spiro atoms. The summed E-state index contributed by atoms with van der Waals surface area (Å²) in [5, 5.41) is 3.35. The lowest BCUT2D eigenvalue weighted by molar-refractivity contribution is -0.129. The molecule has 0 unspecified atom stereocenters. The fraction of sp³-hybridized carbons (Fsp3) is 0.393. The van der Waals surface area contributed by atoms with Gasteiger partial charge in [0.15, 0.2) is 17.3 Å². The largest absolute Gasteiger partial charge is 0.451 e. The summed E-state index contributed by atoms with van der Waals surface area (Å²) in [6, 6.07) is 6.22. The van der Waals surface area contributed by atoms with E-state index in [2.05, 4.69) is 10.2 Å². The number of ether oxygens (including phenoxy) is 1. The number of fused-ring (bicyclic) bond motifs is 2. The third kappa shape index (κ3) is 4.61. The number of nitrogens with zero attached hydrogens (tertiary/aromatic N) is 4. The van der Waals surface area contributed by atoms with Crippen molar-refractivity contribution in [2.75, 3.05) is 57.3 Å². The lowest BCUT2D eigenvalue weighted by Gasteiger charge is -2.37. The number of carbonyl (C=O) groups excluding carboxylic acids is 2. The Morgan fingerprint density at radius 3 is 2.54 bits per heavy atom. The van der Waals surface area contributed by atoms with Crippen LogP contribution in [0.1, 0.15) is 30.1 Å². The monoisotopic (exact) mass is 553 g/mol. The first-order chi connectivity index (χ1) is 18.8. The molecule has 1 aromatic heterocycles. The van der Waals surface area contributed by atoms with Crippen LogP contribution in [0.4, 0.5) is 10.1 Å². The van der Waals surface area contributed by atoms with Gasteiger partial charge >= 0.3 is 0 Å². The number of anilines is 1. The highest BCUT2D eigenvalue weighted by atomic mass is 35.5. The van der Waals surface area contributed by atoms with Gasteiger partial charge in [-0.05, 0) is 50.2 Å². The highest BCUT2D eigenvalue weighted by Crippen LogP contribution is 2.47. The molecule has 1 N–H and O–H groups in total. The molecule has 3 aliphatic rings. The predicted molar refractivity (Wildman–Crippen MR) is 147 cm³/mol. The van der Waals surface area contributed by atoms with Gasteiger partial charge in [-0.2, -0.15) is 0 Å². The molecule has 0 radical (unpaired) electrons. The minimum absolute atomic E-state index is 0.0305. The van der Waals surface area contributed by atoms with Gasteiger partial charge in [0, 0.05) is 57.4 Å². The summed E-state index contributed by atoms with van der Waals surface area (Å²) in [7, 11) is 0. The number of aromatic nitrogens is 1. The van der Waals surface area contributed by atoms with E-state index in [0.29, 0.717) is 61.2 Å². The van der Waals surface area contributed by atoms with Crippen LogP contribution in [-0.2, 0) is 4.79 Å². The number of piperazine rings is 1. The first-order valence-electron chi connectivity index (χ1n) is 13.2. The van der Waals surface area contributed by atoms with Gasteiger partial charge in [0.25, 0.3) is 5.91 Å². The fourth-order valence-corrected chi connectivity index (χ4v) is 5.87. The number of pyridine rings is 1. The topological polar surface area (TPSA) is 87.1 Å². The van der Waals surface area contributed by atoms with Crippen molar-refractivity contribution in [1.82, 2.24) is 19.7 Å². The average Bonchev–Trinajstić information content (AvgIpc) is 3.44. The number of hydrogen-bond acceptors (Lipinski definition) is 6. The van der Waals surface area contributed by atoms with Crippen LogP contribution in [0, 0.1) is 5.82 Å². The number of rotatable bonds is 5. The number of halogens is 2. The van der Waals surface area contributed by atoms with Crippen LogP contribution in [0.25, 0.3) is 16.6 Å². The molecule has 6 rings (SSSR count). The lowest BCUT2D eigenvalue weighted by Crippen LogP contribution is -2.48. The second-order valence-corrected chi connectivity index (χ2v) is 10.6. The summed E-state index contributed by atoms with van der Waals surface area (Å²) in [5.41, 5.74) is 0.494. The van der Waals surface area contributed by atoms with Crippen LogP contribution in [0.3, 0.4) is 0 Å². The molecule has 11 heteroatoms. The molecule has 3 aromatic rings. The van der Waals surface area contributed by atoms with Gasteiger partial charge in [0.2, 0.25) is 11.3 Å². The highest BCUT2D eigenvalue weighted by molar-refractivity contribution is 6.30. The van der Waals surface area contributed by atoms with Crippen molar-refractivity contribution < 1.29 is 18.7 Å². The third-order valence-corrected chi connectivity index (χ3v) is 8.00. The first kappa shape index (κ1) is 25.6. The van der Waals surface area contributed by atoms with E-state index in [-0.39, 0.29) is 28.3 Å². The smallest absolute Gasteiger partial charge is 0.256 e. The Morgan fingerprint density at radius 1 is 1.08 bits per heavy atom. The van der Waals surface area contributed by atoms with E-state index < -0.39 is 17.2 Å². The van der Waals surface area contributed by atoms with Crippen LogP contribution in [0.2, 0.25) is 5.02 Å². The Balaban J connectivity index is 1.44. The van der Waals surface area contributed by atoms with Crippen molar-refractivity contribution in [2.45, 2.75) is 19.8 Å². The molecular formula is C28H29ClFN5O4. The average molecular weight is 554 g/mol. The van der Waals surface area contributed by atoms with Crippen molar-refractivity contribution in [2.24, 2.45) is 0 Å². The third-order valence-electron chi connectivity index (χ3n) is 7.76. The van der Waals surface area contributed by atoms with Gasteiger partial charge in [-0.25, -0.2) is 4.39 Å². The molecule has 2 fully saturated rings. The molecule has 39 heavy (non-hydrogen) atoms. The molecule has 3 aliphatic heterocycles. The Bertz CT molecular complexity index is 1540. The summed E-state index contributed by atoms with van der Waals surface area (Å²) < 4.78 is 23.7. The van der Waals surface area contributed by atoms with Crippen LogP contribution in [-0.4, -0.2) is 78.5 Å². The highest BCUT2D eigenvalue weighted by Gasteiger charge is 2.32.